The summed E-state index contributed by atoms with van der Waals surface area (Å²) in [6.45, 7) is 12.7. The molecule has 0 bridgehead atoms. The van der Waals surface area contributed by atoms with Gasteiger partial charge in [0.25, 0.3) is 0 Å². The smallest absolute Gasteiger partial charge is 0.216 e. The summed E-state index contributed by atoms with van der Waals surface area (Å²) in [5.74, 6) is 0.490. The third-order valence-corrected chi connectivity index (χ3v) is 5.39. The summed E-state index contributed by atoms with van der Waals surface area (Å²) in [4.78, 5) is 0. The normalized spacial score (nSPS) is 21.9. The Labute approximate surface area is 130 Å². The quantitative estimate of drug-likeness (QED) is 0.777. The van der Waals surface area contributed by atoms with Gasteiger partial charge in [-0.3, -0.25) is 0 Å². The highest BCUT2D eigenvalue weighted by molar-refractivity contribution is 7.89. The summed E-state index contributed by atoms with van der Waals surface area (Å²) in [5, 5.41) is 3.48. The Bertz CT molecular complexity index is 402. The molecule has 0 aliphatic carbocycles. The number of hydrogen-bond donors (Lipinski definition) is 1. The molecule has 0 aromatic rings. The Morgan fingerprint density at radius 1 is 1.33 bits per heavy atom. The van der Waals surface area contributed by atoms with E-state index in [1.54, 1.807) is 4.31 Å². The Kier molecular flexibility index (Phi) is 7.10. The van der Waals surface area contributed by atoms with Crippen molar-refractivity contribution >= 4 is 10.0 Å². The number of sulfonamides is 1. The summed E-state index contributed by atoms with van der Waals surface area (Å²) >= 11 is 0. The van der Waals surface area contributed by atoms with Crippen molar-refractivity contribution < 1.29 is 13.2 Å². The standard InChI is InChI=1S/C15H32N2O3S/c1-13(2)20-9-10-21(18,19)17-8-6-7-14(12-17)11-16-15(3,4)5/h13-14,16H,6-12H2,1-5H3. The lowest BCUT2D eigenvalue weighted by Gasteiger charge is -2.34. The molecule has 0 saturated carbocycles. The number of hydrogen-bond acceptors (Lipinski definition) is 4. The lowest BCUT2D eigenvalue weighted by molar-refractivity contribution is 0.0904. The van der Waals surface area contributed by atoms with Crippen LogP contribution in [0.2, 0.25) is 0 Å². The van der Waals surface area contributed by atoms with E-state index in [9.17, 15) is 8.42 Å². The molecule has 1 N–H and O–H groups in total. The summed E-state index contributed by atoms with van der Waals surface area (Å²) < 4.78 is 31.7. The second kappa shape index (κ2) is 7.90. The molecule has 0 aromatic heterocycles. The lowest BCUT2D eigenvalue weighted by atomic mass is 9.98. The van der Waals surface area contributed by atoms with E-state index < -0.39 is 10.0 Å². The Balaban J connectivity index is 2.47. The van der Waals surface area contributed by atoms with E-state index in [1.165, 1.54) is 0 Å². The van der Waals surface area contributed by atoms with Crippen molar-refractivity contribution in [2.75, 3.05) is 32.0 Å². The Morgan fingerprint density at radius 3 is 2.57 bits per heavy atom. The zero-order chi connectivity index (χ0) is 16.1. The van der Waals surface area contributed by atoms with E-state index in [4.69, 9.17) is 4.74 Å². The zero-order valence-corrected chi connectivity index (χ0v) is 15.0. The van der Waals surface area contributed by atoms with Crippen LogP contribution in [-0.4, -0.2) is 56.4 Å². The topological polar surface area (TPSA) is 58.6 Å². The minimum absolute atomic E-state index is 0.0743. The number of nitrogens with one attached hydrogen (secondary N) is 1. The molecular weight excluding hydrogens is 288 g/mol. The first kappa shape index (κ1) is 18.9. The van der Waals surface area contributed by atoms with E-state index in [-0.39, 0.29) is 24.0 Å². The first-order chi connectivity index (χ1) is 9.60. The Morgan fingerprint density at radius 2 is 2.00 bits per heavy atom. The van der Waals surface area contributed by atoms with Gasteiger partial charge in [-0.1, -0.05) is 0 Å². The van der Waals surface area contributed by atoms with E-state index in [1.807, 2.05) is 13.8 Å². The molecule has 1 unspecified atom stereocenters. The molecule has 1 fully saturated rings. The van der Waals surface area contributed by atoms with Crippen LogP contribution in [0.1, 0.15) is 47.5 Å². The van der Waals surface area contributed by atoms with Gasteiger partial charge in [0, 0.05) is 18.6 Å². The summed E-state index contributed by atoms with van der Waals surface area (Å²) in [6, 6.07) is 0. The number of rotatable bonds is 7. The lowest BCUT2D eigenvalue weighted by Crippen LogP contribution is -2.47. The van der Waals surface area contributed by atoms with Crippen LogP contribution >= 0.6 is 0 Å². The zero-order valence-electron chi connectivity index (χ0n) is 14.2. The largest absolute Gasteiger partial charge is 0.378 e. The van der Waals surface area contributed by atoms with E-state index in [0.717, 1.165) is 19.4 Å². The van der Waals surface area contributed by atoms with Crippen LogP contribution in [-0.2, 0) is 14.8 Å². The molecule has 0 amide bonds. The average Bonchev–Trinajstić information content (AvgIpc) is 2.35. The van der Waals surface area contributed by atoms with Crippen LogP contribution < -0.4 is 5.32 Å². The summed E-state index contributed by atoms with van der Waals surface area (Å²) in [6.07, 6.45) is 2.11. The molecule has 0 radical (unpaired) electrons. The minimum atomic E-state index is -3.19. The number of piperidine rings is 1. The van der Waals surface area contributed by atoms with E-state index >= 15 is 0 Å². The maximum absolute atomic E-state index is 12.3. The second-order valence-corrected chi connectivity index (χ2v) is 9.32. The second-order valence-electron chi connectivity index (χ2n) is 7.23. The van der Waals surface area contributed by atoms with Crippen LogP contribution in [0, 0.1) is 5.92 Å². The van der Waals surface area contributed by atoms with Crippen molar-refractivity contribution in [2.24, 2.45) is 5.92 Å². The van der Waals surface area contributed by atoms with Gasteiger partial charge in [0.15, 0.2) is 0 Å². The molecule has 1 aliphatic rings. The molecular formula is C15H32N2O3S. The van der Waals surface area contributed by atoms with Crippen LogP contribution in [0.3, 0.4) is 0 Å². The fourth-order valence-electron chi connectivity index (χ4n) is 2.41. The van der Waals surface area contributed by atoms with Gasteiger partial charge in [0.05, 0.1) is 18.5 Å². The highest BCUT2D eigenvalue weighted by Gasteiger charge is 2.29. The highest BCUT2D eigenvalue weighted by Crippen LogP contribution is 2.19. The number of nitrogens with zero attached hydrogens (tertiary/aromatic N) is 1. The molecule has 1 aliphatic heterocycles. The van der Waals surface area contributed by atoms with Crippen molar-refractivity contribution in [2.45, 2.75) is 59.1 Å². The third-order valence-electron chi connectivity index (χ3n) is 3.59. The average molecular weight is 320 g/mol. The molecule has 0 spiro atoms. The molecule has 126 valence electrons. The van der Waals surface area contributed by atoms with Crippen LogP contribution in [0.15, 0.2) is 0 Å². The predicted octanol–water partition coefficient (Wildman–Crippen LogP) is 1.84. The Hall–Kier alpha value is -0.170. The third kappa shape index (κ3) is 7.58. The fourth-order valence-corrected chi connectivity index (χ4v) is 3.83. The molecule has 1 atom stereocenters. The van der Waals surface area contributed by atoms with Crippen LogP contribution in [0.25, 0.3) is 0 Å². The van der Waals surface area contributed by atoms with Gasteiger partial charge in [-0.05, 0) is 59.9 Å². The van der Waals surface area contributed by atoms with E-state index in [0.29, 0.717) is 19.0 Å². The van der Waals surface area contributed by atoms with E-state index in [2.05, 4.69) is 26.1 Å². The van der Waals surface area contributed by atoms with Gasteiger partial charge in [0.1, 0.15) is 0 Å². The van der Waals surface area contributed by atoms with Crippen molar-refractivity contribution in [1.29, 1.82) is 0 Å². The molecule has 6 heteroatoms. The fraction of sp³-hybridized carbons (Fsp3) is 1.00. The monoisotopic (exact) mass is 320 g/mol. The molecule has 1 saturated heterocycles. The van der Waals surface area contributed by atoms with Crippen molar-refractivity contribution in [3.8, 4) is 0 Å². The molecule has 5 nitrogen and oxygen atoms in total. The first-order valence-corrected chi connectivity index (χ1v) is 9.55. The highest BCUT2D eigenvalue weighted by atomic mass is 32.2. The molecule has 1 rings (SSSR count). The summed E-state index contributed by atoms with van der Waals surface area (Å²) in [5.41, 5.74) is 0.0757. The maximum atomic E-state index is 12.3. The SMILES string of the molecule is CC(C)OCCS(=O)(=O)N1CCCC(CNC(C)(C)C)C1. The van der Waals surface area contributed by atoms with Gasteiger partial charge >= 0.3 is 0 Å². The van der Waals surface area contributed by atoms with Crippen molar-refractivity contribution in [1.82, 2.24) is 9.62 Å². The van der Waals surface area contributed by atoms with Gasteiger partial charge in [-0.25, -0.2) is 12.7 Å². The van der Waals surface area contributed by atoms with Crippen molar-refractivity contribution in [3.63, 3.8) is 0 Å². The summed E-state index contributed by atoms with van der Waals surface area (Å²) in [7, 11) is -3.19. The van der Waals surface area contributed by atoms with Gasteiger partial charge < -0.3 is 10.1 Å². The van der Waals surface area contributed by atoms with Gasteiger partial charge in [-0.15, -0.1) is 0 Å². The minimum Gasteiger partial charge on any atom is -0.378 e. The van der Waals surface area contributed by atoms with Gasteiger partial charge in [-0.2, -0.15) is 0 Å². The maximum Gasteiger partial charge on any atom is 0.216 e. The van der Waals surface area contributed by atoms with Crippen molar-refractivity contribution in [3.05, 3.63) is 0 Å². The van der Waals surface area contributed by atoms with Gasteiger partial charge in [0.2, 0.25) is 10.0 Å². The first-order valence-electron chi connectivity index (χ1n) is 7.94. The molecule has 21 heavy (non-hydrogen) atoms. The molecule has 0 aromatic carbocycles. The van der Waals surface area contributed by atoms with Crippen LogP contribution in [0.5, 0.6) is 0 Å². The predicted molar refractivity (Wildman–Crippen MR) is 86.9 cm³/mol. The number of ether oxygens (including phenoxy) is 1. The van der Waals surface area contributed by atoms with Crippen LogP contribution in [0.4, 0.5) is 0 Å². The molecule has 1 heterocycles.